The van der Waals surface area contributed by atoms with E-state index in [1.54, 1.807) is 12.1 Å². The average molecular weight is 339 g/mol. The molecule has 0 saturated carbocycles. The number of anilines is 1. The van der Waals surface area contributed by atoms with Crippen LogP contribution in [0.5, 0.6) is 5.75 Å². The van der Waals surface area contributed by atoms with Crippen molar-refractivity contribution in [2.45, 2.75) is 37.4 Å². The number of alkyl halides is 3. The number of hydrogen-bond acceptors (Lipinski definition) is 2. The van der Waals surface area contributed by atoms with Crippen molar-refractivity contribution in [1.82, 2.24) is 0 Å². The minimum Gasteiger partial charge on any atom is -0.493 e. The van der Waals surface area contributed by atoms with Gasteiger partial charge in [-0.3, -0.25) is 4.79 Å². The molecular weight excluding hydrogens is 321 g/mol. The van der Waals surface area contributed by atoms with Crippen LogP contribution >= 0.6 is 34.8 Å². The van der Waals surface area contributed by atoms with Crippen LogP contribution in [0.15, 0.2) is 12.1 Å². The van der Waals surface area contributed by atoms with Crippen molar-refractivity contribution in [1.29, 1.82) is 0 Å². The van der Waals surface area contributed by atoms with E-state index in [0.29, 0.717) is 12.3 Å². The Morgan fingerprint density at radius 3 is 2.25 bits per heavy atom. The molecule has 0 aliphatic rings. The lowest BCUT2D eigenvalue weighted by atomic mass is 10.1. The summed E-state index contributed by atoms with van der Waals surface area (Å²) in [5.41, 5.74) is 2.45. The lowest BCUT2D eigenvalue weighted by molar-refractivity contribution is -0.115. The number of rotatable bonds is 5. The Balaban J connectivity index is 2.85. The highest BCUT2D eigenvalue weighted by molar-refractivity contribution is 6.76. The van der Waals surface area contributed by atoms with Crippen LogP contribution in [0.2, 0.25) is 0 Å². The summed E-state index contributed by atoms with van der Waals surface area (Å²) in [5.74, 6) is 0.159. The van der Waals surface area contributed by atoms with Crippen molar-refractivity contribution >= 4 is 46.4 Å². The Labute approximate surface area is 134 Å². The third-order valence-corrected chi connectivity index (χ3v) is 3.23. The highest BCUT2D eigenvalue weighted by Crippen LogP contribution is 2.31. The van der Waals surface area contributed by atoms with Crippen molar-refractivity contribution in [3.63, 3.8) is 0 Å². The highest BCUT2D eigenvalue weighted by Gasteiger charge is 2.30. The van der Waals surface area contributed by atoms with Crippen molar-refractivity contribution in [3.05, 3.63) is 23.3 Å². The van der Waals surface area contributed by atoms with E-state index in [0.717, 1.165) is 29.7 Å². The van der Waals surface area contributed by atoms with E-state index in [-0.39, 0.29) is 0 Å². The molecule has 6 heteroatoms. The Bertz CT molecular complexity index is 461. The number of halogens is 3. The van der Waals surface area contributed by atoms with Crippen molar-refractivity contribution in [2.24, 2.45) is 0 Å². The summed E-state index contributed by atoms with van der Waals surface area (Å²) in [5, 5.41) is 2.57. The molecule has 0 bridgehead atoms. The van der Waals surface area contributed by atoms with E-state index in [1.165, 1.54) is 0 Å². The standard InChI is InChI=1S/C14H18Cl3NO2/c1-4-5-6-20-12-9(2)7-11(8-10(12)3)18-13(19)14(15,16)17/h7-8H,4-6H2,1-3H3,(H,18,19). The molecule has 0 aromatic heterocycles. The molecule has 1 N–H and O–H groups in total. The van der Waals surface area contributed by atoms with Crippen molar-refractivity contribution in [2.75, 3.05) is 11.9 Å². The summed E-state index contributed by atoms with van der Waals surface area (Å²) < 4.78 is 3.77. The molecule has 1 rings (SSSR count). The number of carbonyl (C=O) groups excluding carboxylic acids is 1. The first kappa shape index (κ1) is 17.4. The van der Waals surface area contributed by atoms with Gasteiger partial charge >= 0.3 is 0 Å². The molecule has 0 radical (unpaired) electrons. The zero-order valence-corrected chi connectivity index (χ0v) is 14.0. The Hall–Kier alpha value is -0.640. The SMILES string of the molecule is CCCCOc1c(C)cc(NC(=O)C(Cl)(Cl)Cl)cc1C. The van der Waals surface area contributed by atoms with Gasteiger partial charge in [0.2, 0.25) is 0 Å². The summed E-state index contributed by atoms with van der Waals surface area (Å²) in [7, 11) is 0. The molecule has 1 aromatic carbocycles. The topological polar surface area (TPSA) is 38.3 Å². The molecule has 0 aliphatic heterocycles. The molecule has 0 saturated heterocycles. The fraction of sp³-hybridized carbons (Fsp3) is 0.500. The molecule has 0 heterocycles. The van der Waals surface area contributed by atoms with Gasteiger partial charge in [0.25, 0.3) is 9.70 Å². The number of unbranched alkanes of at least 4 members (excludes halogenated alkanes) is 1. The number of ether oxygens (including phenoxy) is 1. The summed E-state index contributed by atoms with van der Waals surface area (Å²) in [6.07, 6.45) is 2.08. The van der Waals surface area contributed by atoms with Gasteiger partial charge in [0.15, 0.2) is 0 Å². The van der Waals surface area contributed by atoms with Gasteiger partial charge in [-0.05, 0) is 43.5 Å². The average Bonchev–Trinajstić information content (AvgIpc) is 2.31. The molecule has 0 spiro atoms. The Morgan fingerprint density at radius 2 is 1.80 bits per heavy atom. The highest BCUT2D eigenvalue weighted by atomic mass is 35.6. The third-order valence-electron chi connectivity index (χ3n) is 2.72. The fourth-order valence-electron chi connectivity index (χ4n) is 1.77. The first-order valence-electron chi connectivity index (χ1n) is 6.38. The molecule has 3 nitrogen and oxygen atoms in total. The van der Waals surface area contributed by atoms with E-state index in [2.05, 4.69) is 12.2 Å². The minimum absolute atomic E-state index is 0.583. The zero-order chi connectivity index (χ0) is 15.3. The van der Waals surface area contributed by atoms with Crippen LogP contribution in [-0.2, 0) is 4.79 Å². The summed E-state index contributed by atoms with van der Waals surface area (Å²) >= 11 is 16.6. The quantitative estimate of drug-likeness (QED) is 0.619. The monoisotopic (exact) mass is 337 g/mol. The van der Waals surface area contributed by atoms with Gasteiger partial charge in [0.1, 0.15) is 5.75 Å². The second kappa shape index (κ2) is 7.39. The van der Waals surface area contributed by atoms with Crippen LogP contribution in [0.1, 0.15) is 30.9 Å². The first-order valence-corrected chi connectivity index (χ1v) is 7.51. The lowest BCUT2D eigenvalue weighted by Gasteiger charge is -2.16. The lowest BCUT2D eigenvalue weighted by Crippen LogP contribution is -2.27. The zero-order valence-electron chi connectivity index (χ0n) is 11.7. The predicted molar refractivity (Wildman–Crippen MR) is 85.2 cm³/mol. The van der Waals surface area contributed by atoms with Gasteiger partial charge < -0.3 is 10.1 Å². The number of aryl methyl sites for hydroxylation is 2. The van der Waals surface area contributed by atoms with Crippen LogP contribution in [-0.4, -0.2) is 16.3 Å². The van der Waals surface area contributed by atoms with E-state index in [1.807, 2.05) is 13.8 Å². The molecule has 1 amide bonds. The van der Waals surface area contributed by atoms with Gasteiger partial charge in [0, 0.05) is 5.69 Å². The summed E-state index contributed by atoms with van der Waals surface area (Å²) in [6.45, 7) is 6.62. The Morgan fingerprint density at radius 1 is 1.25 bits per heavy atom. The van der Waals surface area contributed by atoms with Gasteiger partial charge in [-0.1, -0.05) is 48.1 Å². The fourth-order valence-corrected chi connectivity index (χ4v) is 1.91. The van der Waals surface area contributed by atoms with Crippen LogP contribution in [0.3, 0.4) is 0 Å². The first-order chi connectivity index (χ1) is 9.25. The number of nitrogens with one attached hydrogen (secondary N) is 1. The summed E-state index contributed by atoms with van der Waals surface area (Å²) in [4.78, 5) is 11.6. The maximum Gasteiger partial charge on any atom is 0.276 e. The number of carbonyl (C=O) groups is 1. The van der Waals surface area contributed by atoms with Gasteiger partial charge in [-0.25, -0.2) is 0 Å². The van der Waals surface area contributed by atoms with Crippen molar-refractivity contribution < 1.29 is 9.53 Å². The second-order valence-corrected chi connectivity index (χ2v) is 6.87. The molecule has 1 aromatic rings. The number of hydrogen-bond donors (Lipinski definition) is 1. The van der Waals surface area contributed by atoms with Crippen LogP contribution in [0.4, 0.5) is 5.69 Å². The van der Waals surface area contributed by atoms with E-state index < -0.39 is 9.70 Å². The molecule has 0 aliphatic carbocycles. The molecule has 20 heavy (non-hydrogen) atoms. The maximum atomic E-state index is 11.6. The Kier molecular flexibility index (Phi) is 6.44. The van der Waals surface area contributed by atoms with E-state index >= 15 is 0 Å². The van der Waals surface area contributed by atoms with Gasteiger partial charge in [-0.15, -0.1) is 0 Å². The van der Waals surface area contributed by atoms with E-state index in [9.17, 15) is 4.79 Å². The molecule has 0 atom stereocenters. The largest absolute Gasteiger partial charge is 0.493 e. The predicted octanol–water partition coefficient (Wildman–Crippen LogP) is 4.79. The maximum absolute atomic E-state index is 11.6. The summed E-state index contributed by atoms with van der Waals surface area (Å²) in [6, 6.07) is 3.59. The smallest absolute Gasteiger partial charge is 0.276 e. The number of amides is 1. The van der Waals surface area contributed by atoms with Crippen LogP contribution in [0.25, 0.3) is 0 Å². The molecule has 0 unspecified atom stereocenters. The molecule has 112 valence electrons. The minimum atomic E-state index is -1.97. The van der Waals surface area contributed by atoms with Crippen LogP contribution < -0.4 is 10.1 Å². The second-order valence-electron chi connectivity index (χ2n) is 4.59. The van der Waals surface area contributed by atoms with Crippen LogP contribution in [0, 0.1) is 13.8 Å². The molecule has 0 fully saturated rings. The van der Waals surface area contributed by atoms with Crippen molar-refractivity contribution in [3.8, 4) is 5.75 Å². The van der Waals surface area contributed by atoms with Gasteiger partial charge in [-0.2, -0.15) is 0 Å². The van der Waals surface area contributed by atoms with Gasteiger partial charge in [0.05, 0.1) is 6.61 Å². The number of benzene rings is 1. The normalized spacial score (nSPS) is 11.3. The molecular formula is C14H18Cl3NO2. The third kappa shape index (κ3) is 5.04. The van der Waals surface area contributed by atoms with E-state index in [4.69, 9.17) is 39.5 Å².